The van der Waals surface area contributed by atoms with Gasteiger partial charge in [0.25, 0.3) is 0 Å². The fourth-order valence-corrected chi connectivity index (χ4v) is 2.67. The summed E-state index contributed by atoms with van der Waals surface area (Å²) in [4.78, 5) is 4.26. The zero-order chi connectivity index (χ0) is 12.3. The Morgan fingerprint density at radius 2 is 2.00 bits per heavy atom. The Kier molecular flexibility index (Phi) is 3.59. The fraction of sp³-hybridized carbons (Fsp3) is 0.643. The second-order valence-corrected chi connectivity index (χ2v) is 4.94. The number of hydrogen-bond donors (Lipinski definition) is 0. The van der Waals surface area contributed by atoms with Crippen LogP contribution in [0.5, 0.6) is 0 Å². The Morgan fingerprint density at radius 3 is 2.67 bits per heavy atom. The second-order valence-electron chi connectivity index (χ2n) is 4.94. The van der Waals surface area contributed by atoms with Gasteiger partial charge in [-0.2, -0.15) is 0 Å². The minimum absolute atomic E-state index is 0.287. The van der Waals surface area contributed by atoms with Gasteiger partial charge in [-0.05, 0) is 25.0 Å². The molecule has 2 aliphatic rings. The van der Waals surface area contributed by atoms with E-state index < -0.39 is 0 Å². The third-order valence-corrected chi connectivity index (χ3v) is 3.70. The first-order valence-electron chi connectivity index (χ1n) is 6.66. The van der Waals surface area contributed by atoms with E-state index in [9.17, 15) is 0 Å². The van der Waals surface area contributed by atoms with E-state index in [-0.39, 0.29) is 5.79 Å². The molecule has 2 fully saturated rings. The largest absolute Gasteiger partial charge is 0.372 e. The molecule has 0 aromatic carbocycles. The normalized spacial score (nSPS) is 23.6. The van der Waals surface area contributed by atoms with E-state index in [2.05, 4.69) is 4.98 Å². The van der Waals surface area contributed by atoms with E-state index in [1.54, 1.807) is 6.20 Å². The van der Waals surface area contributed by atoms with E-state index in [1.807, 2.05) is 18.2 Å². The molecule has 1 aromatic rings. The molecule has 1 saturated heterocycles. The maximum absolute atomic E-state index is 5.90. The van der Waals surface area contributed by atoms with Crippen LogP contribution in [0.1, 0.15) is 31.4 Å². The molecule has 0 bridgehead atoms. The highest BCUT2D eigenvalue weighted by Gasteiger charge is 2.40. The quantitative estimate of drug-likeness (QED) is 0.824. The standard InChI is InChI=1S/C14H19NO3/c1-2-8-15-12(3-1)11-16-13-4-6-14(7-5-13)17-9-10-18-14/h1-3,8,13H,4-7,9-11H2. The predicted molar refractivity (Wildman–Crippen MR) is 65.9 cm³/mol. The summed E-state index contributed by atoms with van der Waals surface area (Å²) in [5, 5.41) is 0. The molecule has 4 heteroatoms. The third kappa shape index (κ3) is 2.71. The smallest absolute Gasteiger partial charge is 0.168 e. The van der Waals surface area contributed by atoms with E-state index >= 15 is 0 Å². The molecule has 3 rings (SSSR count). The van der Waals surface area contributed by atoms with Crippen LogP contribution >= 0.6 is 0 Å². The van der Waals surface area contributed by atoms with Gasteiger partial charge in [-0.1, -0.05) is 6.07 Å². The topological polar surface area (TPSA) is 40.6 Å². The van der Waals surface area contributed by atoms with Crippen LogP contribution in [-0.2, 0) is 20.8 Å². The molecule has 1 aliphatic heterocycles. The molecule has 1 aromatic heterocycles. The highest BCUT2D eigenvalue weighted by molar-refractivity contribution is 5.02. The average Bonchev–Trinajstić information content (AvgIpc) is 2.88. The van der Waals surface area contributed by atoms with Crippen molar-refractivity contribution in [1.29, 1.82) is 0 Å². The highest BCUT2D eigenvalue weighted by Crippen LogP contribution is 2.36. The molecule has 0 unspecified atom stereocenters. The van der Waals surface area contributed by atoms with E-state index in [0.29, 0.717) is 12.7 Å². The van der Waals surface area contributed by atoms with Crippen LogP contribution in [0.25, 0.3) is 0 Å². The molecule has 0 amide bonds. The van der Waals surface area contributed by atoms with Crippen molar-refractivity contribution in [3.05, 3.63) is 30.1 Å². The average molecular weight is 249 g/mol. The van der Waals surface area contributed by atoms with Gasteiger partial charge in [0.15, 0.2) is 5.79 Å². The summed E-state index contributed by atoms with van der Waals surface area (Å²) in [5.41, 5.74) is 0.992. The SMILES string of the molecule is c1ccc(COC2CCC3(CC2)OCCO3)nc1. The van der Waals surface area contributed by atoms with Crippen LogP contribution in [0.4, 0.5) is 0 Å². The fourth-order valence-electron chi connectivity index (χ4n) is 2.67. The molecule has 98 valence electrons. The maximum Gasteiger partial charge on any atom is 0.168 e. The molecule has 0 N–H and O–H groups in total. The van der Waals surface area contributed by atoms with Crippen LogP contribution in [0.15, 0.2) is 24.4 Å². The van der Waals surface area contributed by atoms with E-state index in [1.165, 1.54) is 0 Å². The summed E-state index contributed by atoms with van der Waals surface area (Å²) in [6.45, 7) is 2.07. The molecule has 1 aliphatic carbocycles. The van der Waals surface area contributed by atoms with Gasteiger partial charge in [0.05, 0.1) is 31.6 Å². The minimum atomic E-state index is -0.287. The Balaban J connectivity index is 1.46. The molecule has 1 spiro atoms. The summed E-state index contributed by atoms with van der Waals surface area (Å²) < 4.78 is 17.3. The van der Waals surface area contributed by atoms with Crippen molar-refractivity contribution in [2.24, 2.45) is 0 Å². The number of rotatable bonds is 3. The van der Waals surface area contributed by atoms with Gasteiger partial charge in [0.2, 0.25) is 0 Å². The predicted octanol–water partition coefficient (Wildman–Crippen LogP) is 2.28. The first-order valence-corrected chi connectivity index (χ1v) is 6.66. The van der Waals surface area contributed by atoms with Gasteiger partial charge in [-0.3, -0.25) is 4.98 Å². The number of ether oxygens (including phenoxy) is 3. The molecular weight excluding hydrogens is 230 g/mol. The molecule has 0 radical (unpaired) electrons. The zero-order valence-corrected chi connectivity index (χ0v) is 10.5. The van der Waals surface area contributed by atoms with Crippen molar-refractivity contribution in [3.63, 3.8) is 0 Å². The summed E-state index contributed by atoms with van der Waals surface area (Å²) in [7, 11) is 0. The molecular formula is C14H19NO3. The summed E-state index contributed by atoms with van der Waals surface area (Å²) in [5.74, 6) is -0.287. The Labute approximate surface area is 107 Å². The van der Waals surface area contributed by atoms with Gasteiger partial charge >= 0.3 is 0 Å². The third-order valence-electron chi connectivity index (χ3n) is 3.70. The van der Waals surface area contributed by atoms with Gasteiger partial charge in [0.1, 0.15) is 0 Å². The van der Waals surface area contributed by atoms with Crippen LogP contribution < -0.4 is 0 Å². The lowest BCUT2D eigenvalue weighted by Crippen LogP contribution is -2.37. The first-order chi connectivity index (χ1) is 8.86. The lowest BCUT2D eigenvalue weighted by Gasteiger charge is -2.35. The Morgan fingerprint density at radius 1 is 1.22 bits per heavy atom. The van der Waals surface area contributed by atoms with Crippen molar-refractivity contribution >= 4 is 0 Å². The summed E-state index contributed by atoms with van der Waals surface area (Å²) >= 11 is 0. The molecule has 2 heterocycles. The van der Waals surface area contributed by atoms with Crippen LogP contribution in [0, 0.1) is 0 Å². The van der Waals surface area contributed by atoms with Gasteiger partial charge in [-0.25, -0.2) is 0 Å². The Bertz CT molecular complexity index is 366. The minimum Gasteiger partial charge on any atom is -0.372 e. The van der Waals surface area contributed by atoms with Crippen molar-refractivity contribution in [3.8, 4) is 0 Å². The van der Waals surface area contributed by atoms with Crippen molar-refractivity contribution in [2.75, 3.05) is 13.2 Å². The number of pyridine rings is 1. The molecule has 4 nitrogen and oxygen atoms in total. The van der Waals surface area contributed by atoms with Crippen molar-refractivity contribution in [2.45, 2.75) is 44.2 Å². The molecule has 1 saturated carbocycles. The zero-order valence-electron chi connectivity index (χ0n) is 10.5. The monoisotopic (exact) mass is 249 g/mol. The van der Waals surface area contributed by atoms with Crippen LogP contribution in [0.2, 0.25) is 0 Å². The highest BCUT2D eigenvalue weighted by atomic mass is 16.7. The maximum atomic E-state index is 5.90. The van der Waals surface area contributed by atoms with Gasteiger partial charge in [-0.15, -0.1) is 0 Å². The van der Waals surface area contributed by atoms with Gasteiger partial charge < -0.3 is 14.2 Å². The van der Waals surface area contributed by atoms with Gasteiger partial charge in [0, 0.05) is 19.0 Å². The van der Waals surface area contributed by atoms with Crippen LogP contribution in [-0.4, -0.2) is 30.1 Å². The first kappa shape index (κ1) is 12.1. The number of hydrogen-bond acceptors (Lipinski definition) is 4. The van der Waals surface area contributed by atoms with E-state index in [4.69, 9.17) is 14.2 Å². The number of nitrogens with zero attached hydrogens (tertiary/aromatic N) is 1. The summed E-state index contributed by atoms with van der Waals surface area (Å²) in [6, 6.07) is 5.90. The lowest BCUT2D eigenvalue weighted by atomic mass is 9.92. The van der Waals surface area contributed by atoms with Crippen molar-refractivity contribution < 1.29 is 14.2 Å². The molecule has 0 atom stereocenters. The van der Waals surface area contributed by atoms with Crippen LogP contribution in [0.3, 0.4) is 0 Å². The van der Waals surface area contributed by atoms with E-state index in [0.717, 1.165) is 44.6 Å². The lowest BCUT2D eigenvalue weighted by molar-refractivity contribution is -0.192. The molecule has 18 heavy (non-hydrogen) atoms. The van der Waals surface area contributed by atoms with Crippen molar-refractivity contribution in [1.82, 2.24) is 4.98 Å². The number of aromatic nitrogens is 1. The Hall–Kier alpha value is -0.970. The summed E-state index contributed by atoms with van der Waals surface area (Å²) in [6.07, 6.45) is 6.01. The second kappa shape index (κ2) is 5.34.